The van der Waals surface area contributed by atoms with Crippen molar-refractivity contribution in [3.05, 3.63) is 29.6 Å². The first kappa shape index (κ1) is 23.2. The van der Waals surface area contributed by atoms with E-state index in [1.807, 2.05) is 0 Å². The second-order valence-electron chi connectivity index (χ2n) is 9.77. The first-order valence-electron chi connectivity index (χ1n) is 11.7. The quantitative estimate of drug-likeness (QED) is 0.376. The van der Waals surface area contributed by atoms with Crippen LogP contribution in [0, 0.1) is 17.7 Å². The number of rotatable bonds is 12. The molecule has 3 aliphatic rings. The summed E-state index contributed by atoms with van der Waals surface area (Å²) in [5.41, 5.74) is 0.433. The molecule has 0 bridgehead atoms. The van der Waals surface area contributed by atoms with Crippen LogP contribution in [0.25, 0.3) is 0 Å². The standard InChI is InChI=1S/C24H32FNO5S/c25-20-9-8-19(14-21(20)31-15-17-5-6-17)24(11-12-24)16-32(29,30)13-3-1-2-4-18-7-10-22(27)26-23(18)28/h8-9,14,17-18H,1-7,10-13,15-16H2,(H,26,27,28). The van der Waals surface area contributed by atoms with E-state index >= 15 is 0 Å². The summed E-state index contributed by atoms with van der Waals surface area (Å²) in [6.07, 6.45) is 7.53. The van der Waals surface area contributed by atoms with E-state index in [4.69, 9.17) is 4.74 Å². The fraction of sp³-hybridized carbons (Fsp3) is 0.667. The second kappa shape index (κ2) is 9.49. The van der Waals surface area contributed by atoms with E-state index in [9.17, 15) is 22.4 Å². The van der Waals surface area contributed by atoms with Crippen molar-refractivity contribution in [2.45, 2.75) is 69.6 Å². The zero-order valence-corrected chi connectivity index (χ0v) is 19.2. The van der Waals surface area contributed by atoms with Crippen LogP contribution in [0.1, 0.15) is 69.8 Å². The van der Waals surface area contributed by atoms with E-state index in [0.29, 0.717) is 38.2 Å². The van der Waals surface area contributed by atoms with Gasteiger partial charge in [0.2, 0.25) is 11.8 Å². The number of nitrogens with one attached hydrogen (secondary N) is 1. The van der Waals surface area contributed by atoms with E-state index in [1.165, 1.54) is 6.07 Å². The Morgan fingerprint density at radius 3 is 2.56 bits per heavy atom. The monoisotopic (exact) mass is 465 g/mol. The molecule has 1 aromatic rings. The second-order valence-corrected chi connectivity index (χ2v) is 12.0. The van der Waals surface area contributed by atoms with Crippen molar-refractivity contribution in [2.24, 2.45) is 11.8 Å². The molecule has 1 saturated heterocycles. The average molecular weight is 466 g/mol. The van der Waals surface area contributed by atoms with Gasteiger partial charge in [-0.3, -0.25) is 14.9 Å². The van der Waals surface area contributed by atoms with Crippen molar-refractivity contribution in [1.82, 2.24) is 5.32 Å². The molecule has 0 aromatic heterocycles. The van der Waals surface area contributed by atoms with Crippen LogP contribution in [0.4, 0.5) is 4.39 Å². The van der Waals surface area contributed by atoms with Gasteiger partial charge in [-0.05, 0) is 68.6 Å². The number of imide groups is 1. The van der Waals surface area contributed by atoms with Crippen LogP contribution < -0.4 is 10.1 Å². The van der Waals surface area contributed by atoms with E-state index in [2.05, 4.69) is 5.32 Å². The lowest BCUT2D eigenvalue weighted by atomic mass is 9.92. The van der Waals surface area contributed by atoms with Crippen molar-refractivity contribution in [3.63, 3.8) is 0 Å². The molecule has 1 heterocycles. The van der Waals surface area contributed by atoms with Crippen molar-refractivity contribution in [3.8, 4) is 5.75 Å². The van der Waals surface area contributed by atoms with E-state index < -0.39 is 21.1 Å². The third kappa shape index (κ3) is 6.09. The molecule has 2 amide bonds. The van der Waals surface area contributed by atoms with Gasteiger partial charge in [-0.2, -0.15) is 0 Å². The minimum atomic E-state index is -3.25. The predicted octanol–water partition coefficient (Wildman–Crippen LogP) is 3.67. The average Bonchev–Trinajstić information content (AvgIpc) is 3.65. The number of unbranched alkanes of at least 4 members (excludes halogenated alkanes) is 2. The van der Waals surface area contributed by atoms with E-state index in [0.717, 1.165) is 44.1 Å². The summed E-state index contributed by atoms with van der Waals surface area (Å²) >= 11 is 0. The lowest BCUT2D eigenvalue weighted by Gasteiger charge is -2.20. The Bertz CT molecular complexity index is 969. The highest BCUT2D eigenvalue weighted by Crippen LogP contribution is 2.50. The molecule has 176 valence electrons. The maximum atomic E-state index is 14.1. The molecule has 1 N–H and O–H groups in total. The smallest absolute Gasteiger partial charge is 0.229 e. The Labute approximate surface area is 189 Å². The Kier molecular flexibility index (Phi) is 6.89. The minimum absolute atomic E-state index is 0.0842. The van der Waals surface area contributed by atoms with Crippen LogP contribution >= 0.6 is 0 Å². The molecule has 3 fully saturated rings. The zero-order valence-electron chi connectivity index (χ0n) is 18.4. The molecule has 1 aromatic carbocycles. The van der Waals surface area contributed by atoms with Crippen molar-refractivity contribution in [1.29, 1.82) is 0 Å². The van der Waals surface area contributed by atoms with Crippen LogP contribution in [0.15, 0.2) is 18.2 Å². The van der Waals surface area contributed by atoms with Gasteiger partial charge in [0.05, 0.1) is 18.1 Å². The van der Waals surface area contributed by atoms with E-state index in [1.54, 1.807) is 12.1 Å². The van der Waals surface area contributed by atoms with Crippen LogP contribution in [-0.4, -0.2) is 38.3 Å². The van der Waals surface area contributed by atoms with Crippen LogP contribution in [0.5, 0.6) is 5.75 Å². The lowest BCUT2D eigenvalue weighted by molar-refractivity contribution is -0.136. The maximum Gasteiger partial charge on any atom is 0.229 e. The number of amides is 2. The van der Waals surface area contributed by atoms with Gasteiger partial charge in [-0.15, -0.1) is 0 Å². The SMILES string of the molecule is O=C1CCC(CCCCCS(=O)(=O)CC2(c3ccc(F)c(OCC4CC4)c3)CC2)C(=O)N1. The van der Waals surface area contributed by atoms with Gasteiger partial charge in [0.15, 0.2) is 21.4 Å². The third-order valence-electron chi connectivity index (χ3n) is 6.93. The Morgan fingerprint density at radius 2 is 1.88 bits per heavy atom. The number of sulfone groups is 1. The summed E-state index contributed by atoms with van der Waals surface area (Å²) < 4.78 is 45.3. The molecular weight excluding hydrogens is 433 g/mol. The maximum absolute atomic E-state index is 14.1. The largest absolute Gasteiger partial charge is 0.490 e. The molecule has 0 spiro atoms. The molecule has 1 unspecified atom stereocenters. The number of carbonyl (C=O) groups excluding carboxylic acids is 2. The number of ether oxygens (including phenoxy) is 1. The number of hydrogen-bond acceptors (Lipinski definition) is 5. The minimum Gasteiger partial charge on any atom is -0.490 e. The third-order valence-corrected chi connectivity index (χ3v) is 8.83. The molecule has 2 saturated carbocycles. The van der Waals surface area contributed by atoms with Crippen molar-refractivity contribution in [2.75, 3.05) is 18.1 Å². The van der Waals surface area contributed by atoms with Gasteiger partial charge in [-0.1, -0.05) is 18.9 Å². The molecule has 4 rings (SSSR count). The molecule has 6 nitrogen and oxygen atoms in total. The highest BCUT2D eigenvalue weighted by Gasteiger charge is 2.47. The summed E-state index contributed by atoms with van der Waals surface area (Å²) in [5, 5.41) is 2.36. The molecule has 2 aliphatic carbocycles. The first-order chi connectivity index (χ1) is 15.3. The summed E-state index contributed by atoms with van der Waals surface area (Å²) in [6, 6.07) is 4.78. The van der Waals surface area contributed by atoms with Gasteiger partial charge in [0.25, 0.3) is 0 Å². The topological polar surface area (TPSA) is 89.5 Å². The number of hydrogen-bond donors (Lipinski definition) is 1. The van der Waals surface area contributed by atoms with Crippen molar-refractivity contribution >= 4 is 21.7 Å². The number of carbonyl (C=O) groups is 2. The van der Waals surface area contributed by atoms with Crippen LogP contribution in [0.3, 0.4) is 0 Å². The fourth-order valence-electron chi connectivity index (χ4n) is 4.50. The summed E-state index contributed by atoms with van der Waals surface area (Å²) in [4.78, 5) is 23.0. The number of halogens is 1. The summed E-state index contributed by atoms with van der Waals surface area (Å²) in [6.45, 7) is 0.518. The summed E-state index contributed by atoms with van der Waals surface area (Å²) in [7, 11) is -3.25. The number of benzene rings is 1. The molecule has 32 heavy (non-hydrogen) atoms. The normalized spacial score (nSPS) is 22.5. The Hall–Kier alpha value is -1.96. The van der Waals surface area contributed by atoms with Gasteiger partial charge in [0.1, 0.15) is 0 Å². The van der Waals surface area contributed by atoms with Gasteiger partial charge >= 0.3 is 0 Å². The molecule has 1 aliphatic heterocycles. The van der Waals surface area contributed by atoms with Gasteiger partial charge in [-0.25, -0.2) is 12.8 Å². The lowest BCUT2D eigenvalue weighted by Crippen LogP contribution is -2.40. The molecular formula is C24H32FNO5S. The van der Waals surface area contributed by atoms with E-state index in [-0.39, 0.29) is 35.0 Å². The zero-order chi connectivity index (χ0) is 22.8. The van der Waals surface area contributed by atoms with Gasteiger partial charge in [0, 0.05) is 17.8 Å². The number of piperidine rings is 1. The van der Waals surface area contributed by atoms with Crippen LogP contribution in [0.2, 0.25) is 0 Å². The summed E-state index contributed by atoms with van der Waals surface area (Å²) in [5.74, 6) is -0.0110. The fourth-order valence-corrected chi connectivity index (χ4v) is 6.59. The molecule has 1 atom stereocenters. The van der Waals surface area contributed by atoms with Crippen molar-refractivity contribution < 1.29 is 27.1 Å². The predicted molar refractivity (Wildman–Crippen MR) is 119 cm³/mol. The Morgan fingerprint density at radius 1 is 1.09 bits per heavy atom. The highest BCUT2D eigenvalue weighted by atomic mass is 32.2. The van der Waals surface area contributed by atoms with Gasteiger partial charge < -0.3 is 4.74 Å². The highest BCUT2D eigenvalue weighted by molar-refractivity contribution is 7.91. The Balaban J connectivity index is 1.24. The first-order valence-corrected chi connectivity index (χ1v) is 13.6. The molecule has 0 radical (unpaired) electrons. The van der Waals surface area contributed by atoms with Crippen LogP contribution in [-0.2, 0) is 24.8 Å². The molecule has 8 heteroatoms.